The van der Waals surface area contributed by atoms with Gasteiger partial charge in [0, 0.05) is 18.1 Å². The summed E-state index contributed by atoms with van der Waals surface area (Å²) in [6.45, 7) is 0.0218. The third kappa shape index (κ3) is 4.25. The first kappa shape index (κ1) is 19.6. The highest BCUT2D eigenvalue weighted by molar-refractivity contribution is 5.76. The molecule has 2 aliphatic heterocycles. The van der Waals surface area contributed by atoms with Crippen molar-refractivity contribution in [1.82, 2.24) is 14.9 Å². The predicted molar refractivity (Wildman–Crippen MR) is 118 cm³/mol. The molecule has 2 saturated carbocycles. The van der Waals surface area contributed by atoms with Gasteiger partial charge in [0.1, 0.15) is 12.4 Å². The number of nitrogens with one attached hydrogen (secondary N) is 1. The van der Waals surface area contributed by atoms with E-state index in [1.807, 2.05) is 12.1 Å². The van der Waals surface area contributed by atoms with Crippen LogP contribution in [-0.2, 0) is 6.61 Å². The van der Waals surface area contributed by atoms with E-state index in [4.69, 9.17) is 0 Å². The SMILES string of the molecule is C1CC2CCCC(C1)C2.OCc1nc2ccccc2n1C1CC2CCCC(C1)N2. The van der Waals surface area contributed by atoms with E-state index in [0.717, 1.165) is 36.0 Å². The summed E-state index contributed by atoms with van der Waals surface area (Å²) in [6.07, 6.45) is 17.1. The molecule has 2 N–H and O–H groups in total. The summed E-state index contributed by atoms with van der Waals surface area (Å²) in [5, 5.41) is 13.4. The Morgan fingerprint density at radius 2 is 1.48 bits per heavy atom. The lowest BCUT2D eigenvalue weighted by molar-refractivity contribution is 0.181. The second-order valence-corrected chi connectivity index (χ2v) is 9.99. The Bertz CT molecular complexity index is 784. The summed E-state index contributed by atoms with van der Waals surface area (Å²) in [7, 11) is 0. The Morgan fingerprint density at radius 3 is 2.10 bits per heavy atom. The van der Waals surface area contributed by atoms with Gasteiger partial charge in [-0.15, -0.1) is 0 Å². The van der Waals surface area contributed by atoms with E-state index in [1.54, 1.807) is 32.1 Å². The van der Waals surface area contributed by atoms with Crippen LogP contribution in [0.5, 0.6) is 0 Å². The van der Waals surface area contributed by atoms with Crippen LogP contribution in [0.4, 0.5) is 0 Å². The van der Waals surface area contributed by atoms with Crippen molar-refractivity contribution in [2.75, 3.05) is 0 Å². The van der Waals surface area contributed by atoms with Crippen LogP contribution >= 0.6 is 0 Å². The minimum Gasteiger partial charge on any atom is -0.388 e. The van der Waals surface area contributed by atoms with Crippen LogP contribution in [0.25, 0.3) is 11.0 Å². The Hall–Kier alpha value is -1.39. The Morgan fingerprint density at radius 1 is 0.862 bits per heavy atom. The number of para-hydroxylation sites is 2. The summed E-state index contributed by atoms with van der Waals surface area (Å²) in [5.41, 5.74) is 2.17. The highest BCUT2D eigenvalue weighted by atomic mass is 16.3. The summed E-state index contributed by atoms with van der Waals surface area (Å²) >= 11 is 0. The molecule has 4 aliphatic rings. The summed E-state index contributed by atoms with van der Waals surface area (Å²) in [6, 6.07) is 9.98. The van der Waals surface area contributed by atoms with Gasteiger partial charge in [0.05, 0.1) is 11.0 Å². The molecule has 29 heavy (non-hydrogen) atoms. The highest BCUT2D eigenvalue weighted by Crippen LogP contribution is 2.39. The fourth-order valence-electron chi connectivity index (χ4n) is 6.68. The molecular weight excluding hydrogens is 358 g/mol. The molecule has 0 spiro atoms. The van der Waals surface area contributed by atoms with Gasteiger partial charge >= 0.3 is 0 Å². The summed E-state index contributed by atoms with van der Waals surface area (Å²) < 4.78 is 2.29. The van der Waals surface area contributed by atoms with Gasteiger partial charge in [0.2, 0.25) is 0 Å². The molecule has 158 valence electrons. The minimum absolute atomic E-state index is 0.0218. The van der Waals surface area contributed by atoms with E-state index in [0.29, 0.717) is 18.1 Å². The van der Waals surface area contributed by atoms with E-state index in [-0.39, 0.29) is 6.61 Å². The molecule has 0 amide bonds. The second-order valence-electron chi connectivity index (χ2n) is 9.99. The van der Waals surface area contributed by atoms with E-state index >= 15 is 0 Å². The van der Waals surface area contributed by atoms with Crippen molar-refractivity contribution in [1.29, 1.82) is 0 Å². The van der Waals surface area contributed by atoms with E-state index in [2.05, 4.69) is 27.0 Å². The van der Waals surface area contributed by atoms with Crippen molar-refractivity contribution in [3.63, 3.8) is 0 Å². The molecule has 2 atom stereocenters. The van der Waals surface area contributed by atoms with Crippen molar-refractivity contribution in [2.45, 2.75) is 102 Å². The molecule has 6 rings (SSSR count). The lowest BCUT2D eigenvalue weighted by atomic mass is 9.72. The van der Waals surface area contributed by atoms with E-state index < -0.39 is 0 Å². The van der Waals surface area contributed by atoms with Gasteiger partial charge in [0.15, 0.2) is 0 Å². The largest absolute Gasteiger partial charge is 0.388 e. The van der Waals surface area contributed by atoms with Gasteiger partial charge in [-0.05, 0) is 56.1 Å². The zero-order valence-electron chi connectivity index (χ0n) is 17.7. The summed E-state index contributed by atoms with van der Waals surface area (Å²) in [5.74, 6) is 3.12. The first-order valence-electron chi connectivity index (χ1n) is 12.1. The van der Waals surface area contributed by atoms with Gasteiger partial charge < -0.3 is 15.0 Å². The minimum atomic E-state index is 0.0218. The lowest BCUT2D eigenvalue weighted by Crippen LogP contribution is -2.49. The van der Waals surface area contributed by atoms with Gasteiger partial charge in [-0.2, -0.15) is 0 Å². The van der Waals surface area contributed by atoms with Crippen LogP contribution in [-0.4, -0.2) is 26.7 Å². The van der Waals surface area contributed by atoms with E-state index in [1.165, 1.54) is 37.6 Å². The molecule has 2 unspecified atom stereocenters. The number of aromatic nitrogens is 2. The topological polar surface area (TPSA) is 50.1 Å². The smallest absolute Gasteiger partial charge is 0.135 e. The molecule has 3 heterocycles. The molecule has 4 heteroatoms. The monoisotopic (exact) mass is 395 g/mol. The number of nitrogens with zero attached hydrogens (tertiary/aromatic N) is 2. The average Bonchev–Trinajstić information content (AvgIpc) is 3.13. The quantitative estimate of drug-likeness (QED) is 0.720. The van der Waals surface area contributed by atoms with Gasteiger partial charge in [-0.25, -0.2) is 4.98 Å². The van der Waals surface area contributed by atoms with Crippen LogP contribution in [0.2, 0.25) is 0 Å². The molecule has 4 fully saturated rings. The van der Waals surface area contributed by atoms with Gasteiger partial charge in [0.25, 0.3) is 0 Å². The van der Waals surface area contributed by atoms with Gasteiger partial charge in [-0.3, -0.25) is 0 Å². The standard InChI is InChI=1S/C16H21N3O.C9H16/c20-10-16-18-14-6-1-2-7-15(14)19(16)13-8-11-4-3-5-12(9-13)17-11;1-3-8-5-2-6-9(4-1)7-8/h1-2,6-7,11-13,17,20H,3-5,8-10H2;8-9H,1-7H2. The molecule has 1 aromatic heterocycles. The zero-order chi connectivity index (χ0) is 19.6. The molecule has 2 aromatic rings. The number of aliphatic hydroxyl groups is 1. The number of imidazole rings is 1. The van der Waals surface area contributed by atoms with Crippen molar-refractivity contribution in [2.24, 2.45) is 11.8 Å². The number of rotatable bonds is 2. The fraction of sp³-hybridized carbons (Fsp3) is 0.720. The molecule has 0 radical (unpaired) electrons. The zero-order valence-corrected chi connectivity index (χ0v) is 17.7. The van der Waals surface area contributed by atoms with Crippen LogP contribution in [0.15, 0.2) is 24.3 Å². The Labute approximate surface area is 175 Å². The number of aliphatic hydroxyl groups excluding tert-OH is 1. The fourth-order valence-corrected chi connectivity index (χ4v) is 6.68. The van der Waals surface area contributed by atoms with Crippen molar-refractivity contribution < 1.29 is 5.11 Å². The third-order valence-electron chi connectivity index (χ3n) is 7.98. The normalized spacial score (nSPS) is 33.8. The molecule has 2 saturated heterocycles. The van der Waals surface area contributed by atoms with Crippen LogP contribution < -0.4 is 5.32 Å². The van der Waals surface area contributed by atoms with Crippen molar-refractivity contribution in [3.8, 4) is 0 Å². The second kappa shape index (κ2) is 8.77. The maximum Gasteiger partial charge on any atom is 0.135 e. The van der Waals surface area contributed by atoms with Crippen LogP contribution in [0.3, 0.4) is 0 Å². The maximum atomic E-state index is 9.65. The van der Waals surface area contributed by atoms with Crippen molar-refractivity contribution >= 4 is 11.0 Å². The molecular formula is C25H37N3O. The Kier molecular flexibility index (Phi) is 5.92. The molecule has 4 nitrogen and oxygen atoms in total. The maximum absolute atomic E-state index is 9.65. The molecule has 2 aliphatic carbocycles. The third-order valence-corrected chi connectivity index (χ3v) is 7.98. The van der Waals surface area contributed by atoms with E-state index in [9.17, 15) is 5.11 Å². The predicted octanol–water partition coefficient (Wildman–Crippen LogP) is 5.35. The Balaban J connectivity index is 0.000000168. The number of piperidine rings is 2. The number of hydrogen-bond donors (Lipinski definition) is 2. The number of fused-ring (bicyclic) bond motifs is 5. The molecule has 1 aromatic carbocycles. The van der Waals surface area contributed by atoms with Crippen LogP contribution in [0, 0.1) is 11.8 Å². The van der Waals surface area contributed by atoms with Crippen molar-refractivity contribution in [3.05, 3.63) is 30.1 Å². The van der Waals surface area contributed by atoms with Gasteiger partial charge in [-0.1, -0.05) is 57.1 Å². The average molecular weight is 396 g/mol. The number of benzene rings is 1. The lowest BCUT2D eigenvalue weighted by Gasteiger charge is -2.41. The number of hydrogen-bond acceptors (Lipinski definition) is 3. The first-order valence-corrected chi connectivity index (χ1v) is 12.1. The summed E-state index contributed by atoms with van der Waals surface area (Å²) in [4.78, 5) is 4.59. The highest BCUT2D eigenvalue weighted by Gasteiger charge is 2.33. The molecule has 4 bridgehead atoms. The first-order chi connectivity index (χ1) is 14.3. The van der Waals surface area contributed by atoms with Crippen LogP contribution in [0.1, 0.15) is 88.9 Å².